The summed E-state index contributed by atoms with van der Waals surface area (Å²) in [4.78, 5) is 16.8. The number of aliphatic hydroxyl groups excluding tert-OH is 1. The van der Waals surface area contributed by atoms with Gasteiger partial charge in [0.25, 0.3) is 0 Å². The molecule has 1 aromatic heterocycles. The van der Waals surface area contributed by atoms with E-state index in [2.05, 4.69) is 15.1 Å². The first-order valence-corrected chi connectivity index (χ1v) is 9.64. The topological polar surface area (TPSA) is 91.9 Å². The SMILES string of the molecule is Cc1nnc(C(=O)N2CCC3(CC2)CC(O)CN(C2CCOCC2)C3)o1. The molecule has 0 aliphatic carbocycles. The fourth-order valence-corrected chi connectivity index (χ4v) is 4.79. The molecule has 3 aliphatic heterocycles. The van der Waals surface area contributed by atoms with Gasteiger partial charge in [0.15, 0.2) is 0 Å². The van der Waals surface area contributed by atoms with E-state index in [0.29, 0.717) is 25.0 Å². The highest BCUT2D eigenvalue weighted by atomic mass is 16.5. The summed E-state index contributed by atoms with van der Waals surface area (Å²) in [7, 11) is 0. The molecule has 0 aromatic carbocycles. The minimum Gasteiger partial charge on any atom is -0.417 e. The van der Waals surface area contributed by atoms with E-state index in [-0.39, 0.29) is 23.3 Å². The zero-order chi connectivity index (χ0) is 18.1. The first-order chi connectivity index (χ1) is 12.5. The Labute approximate surface area is 153 Å². The zero-order valence-electron chi connectivity index (χ0n) is 15.4. The van der Waals surface area contributed by atoms with Crippen LogP contribution in [-0.4, -0.2) is 82.5 Å². The highest BCUT2D eigenvalue weighted by Crippen LogP contribution is 2.41. The molecule has 1 aromatic rings. The van der Waals surface area contributed by atoms with E-state index >= 15 is 0 Å². The van der Waals surface area contributed by atoms with Crippen molar-refractivity contribution in [1.29, 1.82) is 0 Å². The van der Waals surface area contributed by atoms with Crippen LogP contribution in [0.15, 0.2) is 4.42 Å². The summed E-state index contributed by atoms with van der Waals surface area (Å²) in [6.45, 7) is 6.44. The number of likely N-dealkylation sites (tertiary alicyclic amines) is 2. The van der Waals surface area contributed by atoms with Crippen LogP contribution in [0.5, 0.6) is 0 Å². The number of hydrogen-bond donors (Lipinski definition) is 1. The number of aromatic nitrogens is 2. The quantitative estimate of drug-likeness (QED) is 0.831. The third kappa shape index (κ3) is 3.63. The fourth-order valence-electron chi connectivity index (χ4n) is 4.79. The molecule has 0 bridgehead atoms. The Morgan fingerprint density at radius 1 is 1.23 bits per heavy atom. The number of rotatable bonds is 2. The van der Waals surface area contributed by atoms with E-state index in [1.54, 1.807) is 11.8 Å². The van der Waals surface area contributed by atoms with Crippen LogP contribution in [0, 0.1) is 12.3 Å². The molecule has 3 fully saturated rings. The summed E-state index contributed by atoms with van der Waals surface area (Å²) in [5.74, 6) is 0.299. The monoisotopic (exact) mass is 364 g/mol. The van der Waals surface area contributed by atoms with Gasteiger partial charge in [-0.3, -0.25) is 9.69 Å². The maximum absolute atomic E-state index is 12.5. The number of aliphatic hydroxyl groups is 1. The average Bonchev–Trinajstić information content (AvgIpc) is 3.08. The summed E-state index contributed by atoms with van der Waals surface area (Å²) in [5, 5.41) is 18.1. The zero-order valence-corrected chi connectivity index (χ0v) is 15.4. The molecule has 144 valence electrons. The molecule has 1 spiro atoms. The molecule has 1 N–H and O–H groups in total. The smallest absolute Gasteiger partial charge is 0.311 e. The van der Waals surface area contributed by atoms with Crippen molar-refractivity contribution in [3.63, 3.8) is 0 Å². The summed E-state index contributed by atoms with van der Waals surface area (Å²) in [5.41, 5.74) is 0.0948. The number of amides is 1. The molecule has 1 atom stereocenters. The largest absolute Gasteiger partial charge is 0.417 e. The molecule has 3 aliphatic rings. The van der Waals surface area contributed by atoms with Gasteiger partial charge >= 0.3 is 11.8 Å². The molecule has 1 unspecified atom stereocenters. The van der Waals surface area contributed by atoms with Crippen molar-refractivity contribution in [1.82, 2.24) is 20.0 Å². The van der Waals surface area contributed by atoms with Gasteiger partial charge in [0, 0.05) is 52.4 Å². The van der Waals surface area contributed by atoms with E-state index < -0.39 is 0 Å². The van der Waals surface area contributed by atoms with Crippen LogP contribution >= 0.6 is 0 Å². The van der Waals surface area contributed by atoms with Crippen LogP contribution in [0.3, 0.4) is 0 Å². The van der Waals surface area contributed by atoms with Crippen LogP contribution in [0.25, 0.3) is 0 Å². The van der Waals surface area contributed by atoms with E-state index in [4.69, 9.17) is 9.15 Å². The van der Waals surface area contributed by atoms with Crippen LogP contribution in [0.1, 0.15) is 48.7 Å². The van der Waals surface area contributed by atoms with Crippen molar-refractivity contribution >= 4 is 5.91 Å². The van der Waals surface area contributed by atoms with Crippen molar-refractivity contribution in [2.24, 2.45) is 5.41 Å². The van der Waals surface area contributed by atoms with Gasteiger partial charge in [-0.2, -0.15) is 0 Å². The van der Waals surface area contributed by atoms with E-state index in [0.717, 1.165) is 58.4 Å². The van der Waals surface area contributed by atoms with Gasteiger partial charge < -0.3 is 19.2 Å². The second-order valence-corrected chi connectivity index (χ2v) is 8.05. The Bertz CT molecular complexity index is 635. The van der Waals surface area contributed by atoms with Crippen LogP contribution in [-0.2, 0) is 4.74 Å². The molecule has 3 saturated heterocycles. The fraction of sp³-hybridized carbons (Fsp3) is 0.833. The number of carbonyl (C=O) groups is 1. The summed E-state index contributed by atoms with van der Waals surface area (Å²) in [6, 6.07) is 0.511. The van der Waals surface area contributed by atoms with Gasteiger partial charge in [0.05, 0.1) is 6.10 Å². The molecular formula is C18H28N4O4. The van der Waals surface area contributed by atoms with Crippen molar-refractivity contribution in [3.8, 4) is 0 Å². The second-order valence-electron chi connectivity index (χ2n) is 8.05. The average molecular weight is 364 g/mol. The number of carbonyl (C=O) groups excluding carboxylic acids is 1. The Morgan fingerprint density at radius 2 is 1.96 bits per heavy atom. The van der Waals surface area contributed by atoms with Crippen LogP contribution in [0.4, 0.5) is 0 Å². The maximum Gasteiger partial charge on any atom is 0.311 e. The number of aryl methyl sites for hydroxylation is 1. The van der Waals surface area contributed by atoms with Crippen LogP contribution in [0.2, 0.25) is 0 Å². The minimum absolute atomic E-state index is 0.0750. The summed E-state index contributed by atoms with van der Waals surface area (Å²) in [6.07, 6.45) is 4.44. The second kappa shape index (κ2) is 7.25. The highest BCUT2D eigenvalue weighted by molar-refractivity contribution is 5.89. The minimum atomic E-state index is -0.285. The number of hydrogen-bond acceptors (Lipinski definition) is 7. The molecule has 4 heterocycles. The van der Waals surface area contributed by atoms with E-state index in [1.165, 1.54) is 0 Å². The molecule has 4 rings (SSSR count). The molecule has 8 nitrogen and oxygen atoms in total. The lowest BCUT2D eigenvalue weighted by atomic mass is 9.71. The normalized spacial score (nSPS) is 27.8. The van der Waals surface area contributed by atoms with E-state index in [9.17, 15) is 9.90 Å². The maximum atomic E-state index is 12.5. The van der Waals surface area contributed by atoms with Crippen molar-refractivity contribution in [3.05, 3.63) is 11.8 Å². The molecule has 1 amide bonds. The van der Waals surface area contributed by atoms with Gasteiger partial charge in [-0.25, -0.2) is 0 Å². The molecule has 8 heteroatoms. The van der Waals surface area contributed by atoms with Crippen molar-refractivity contribution in [2.75, 3.05) is 39.4 Å². The van der Waals surface area contributed by atoms with Gasteiger partial charge in [-0.05, 0) is 37.5 Å². The van der Waals surface area contributed by atoms with E-state index in [1.807, 2.05) is 0 Å². The standard InChI is InChI=1S/C18H28N4O4/c1-13-19-20-16(26-13)17(24)21-6-4-18(5-7-21)10-15(23)11-22(12-18)14-2-8-25-9-3-14/h14-15,23H,2-12H2,1H3. The lowest BCUT2D eigenvalue weighted by Gasteiger charge is -2.51. The Balaban J connectivity index is 1.39. The predicted octanol–water partition coefficient (Wildman–Crippen LogP) is 0.846. The van der Waals surface area contributed by atoms with Crippen molar-refractivity contribution in [2.45, 2.75) is 51.2 Å². The van der Waals surface area contributed by atoms with Gasteiger partial charge in [0.2, 0.25) is 5.89 Å². The first kappa shape index (κ1) is 17.9. The molecule has 26 heavy (non-hydrogen) atoms. The number of nitrogens with zero attached hydrogens (tertiary/aromatic N) is 4. The number of β-amino-alcohol motifs (C(OH)–C–C–N with tert-alkyl or cyclic N) is 1. The molecular weight excluding hydrogens is 336 g/mol. The Hall–Kier alpha value is -1.51. The first-order valence-electron chi connectivity index (χ1n) is 9.64. The Kier molecular flexibility index (Phi) is 4.98. The van der Waals surface area contributed by atoms with Crippen molar-refractivity contribution < 1.29 is 19.1 Å². The van der Waals surface area contributed by atoms with Crippen LogP contribution < -0.4 is 0 Å². The lowest BCUT2D eigenvalue weighted by Crippen LogP contribution is -2.57. The third-order valence-corrected chi connectivity index (χ3v) is 6.18. The molecule has 0 saturated carbocycles. The van der Waals surface area contributed by atoms with Gasteiger partial charge in [-0.1, -0.05) is 0 Å². The van der Waals surface area contributed by atoms with Gasteiger partial charge in [-0.15, -0.1) is 10.2 Å². The summed E-state index contributed by atoms with van der Waals surface area (Å²) >= 11 is 0. The lowest BCUT2D eigenvalue weighted by molar-refractivity contribution is -0.0697. The highest BCUT2D eigenvalue weighted by Gasteiger charge is 2.44. The molecule has 0 radical (unpaired) electrons. The van der Waals surface area contributed by atoms with Gasteiger partial charge in [0.1, 0.15) is 0 Å². The number of piperidine rings is 2. The Morgan fingerprint density at radius 3 is 2.62 bits per heavy atom. The number of ether oxygens (including phenoxy) is 1. The third-order valence-electron chi connectivity index (χ3n) is 6.18. The predicted molar refractivity (Wildman–Crippen MR) is 92.6 cm³/mol. The summed E-state index contributed by atoms with van der Waals surface area (Å²) < 4.78 is 10.8.